The molecular weight excluding hydrogens is 262 g/mol. The molecule has 1 aromatic rings. The third kappa shape index (κ3) is 2.37. The monoisotopic (exact) mass is 275 g/mol. The van der Waals surface area contributed by atoms with Crippen LogP contribution in [0.25, 0.3) is 6.08 Å². The van der Waals surface area contributed by atoms with E-state index in [1.807, 2.05) is 0 Å². The molecule has 0 aliphatic carbocycles. The van der Waals surface area contributed by atoms with Crippen LogP contribution in [0.15, 0.2) is 28.9 Å². The van der Waals surface area contributed by atoms with Crippen molar-refractivity contribution in [2.75, 3.05) is 14.2 Å². The van der Waals surface area contributed by atoms with Gasteiger partial charge in [0.2, 0.25) is 0 Å². The maximum atomic E-state index is 11.8. The summed E-state index contributed by atoms with van der Waals surface area (Å²) in [6.45, 7) is 1.72. The number of carbonyl (C=O) groups excluding carboxylic acids is 1. The topological polar surface area (TPSA) is 85.0 Å². The van der Waals surface area contributed by atoms with Crippen LogP contribution >= 0.6 is 0 Å². The summed E-state index contributed by atoms with van der Waals surface area (Å²) in [5.74, 6) is 0.525. The van der Waals surface area contributed by atoms with Gasteiger partial charge in [-0.05, 0) is 24.6 Å². The quantitative estimate of drug-likeness (QED) is 0.478. The van der Waals surface area contributed by atoms with E-state index in [1.54, 1.807) is 20.0 Å². The van der Waals surface area contributed by atoms with Gasteiger partial charge in [-0.1, -0.05) is 6.07 Å². The molecule has 0 fully saturated rings. The van der Waals surface area contributed by atoms with Crippen molar-refractivity contribution in [3.63, 3.8) is 0 Å². The predicted molar refractivity (Wildman–Crippen MR) is 73.5 cm³/mol. The number of rotatable bonds is 3. The highest BCUT2D eigenvalue weighted by Gasteiger charge is 2.24. The summed E-state index contributed by atoms with van der Waals surface area (Å²) in [5.41, 5.74) is 0.624. The van der Waals surface area contributed by atoms with Crippen LogP contribution < -0.4 is 4.74 Å². The van der Waals surface area contributed by atoms with Crippen LogP contribution in [-0.2, 0) is 4.79 Å². The van der Waals surface area contributed by atoms with Crippen molar-refractivity contribution in [2.24, 2.45) is 4.99 Å². The zero-order valence-electron chi connectivity index (χ0n) is 11.3. The average Bonchev–Trinajstić information content (AvgIpc) is 2.66. The number of hydrogen-bond acceptors (Lipinski definition) is 5. The van der Waals surface area contributed by atoms with Crippen molar-refractivity contribution < 1.29 is 14.5 Å². The van der Waals surface area contributed by atoms with Gasteiger partial charge in [-0.2, -0.15) is 0 Å². The highest BCUT2D eigenvalue weighted by molar-refractivity contribution is 6.13. The van der Waals surface area contributed by atoms with Gasteiger partial charge >= 0.3 is 5.69 Å². The van der Waals surface area contributed by atoms with E-state index in [0.29, 0.717) is 11.4 Å². The number of nitrogens with zero attached hydrogens (tertiary/aromatic N) is 3. The van der Waals surface area contributed by atoms with E-state index in [9.17, 15) is 14.9 Å². The molecule has 0 bridgehead atoms. The fraction of sp³-hybridized carbons (Fsp3) is 0.231. The molecule has 1 heterocycles. The number of methoxy groups -OCH3 is 1. The third-order valence-electron chi connectivity index (χ3n) is 2.99. The Bertz CT molecular complexity index is 649. The minimum atomic E-state index is -0.530. The molecule has 0 radical (unpaired) electrons. The summed E-state index contributed by atoms with van der Waals surface area (Å²) in [5, 5.41) is 10.9. The second kappa shape index (κ2) is 5.12. The second-order valence-electron chi connectivity index (χ2n) is 4.24. The lowest BCUT2D eigenvalue weighted by Gasteiger charge is -2.06. The smallest absolute Gasteiger partial charge is 0.311 e. The molecule has 1 amide bonds. The number of hydrogen-bond donors (Lipinski definition) is 0. The lowest BCUT2D eigenvalue weighted by Crippen LogP contribution is -2.25. The van der Waals surface area contributed by atoms with E-state index in [4.69, 9.17) is 4.74 Å². The first-order chi connectivity index (χ1) is 9.43. The van der Waals surface area contributed by atoms with Gasteiger partial charge in [-0.15, -0.1) is 0 Å². The molecule has 20 heavy (non-hydrogen) atoms. The lowest BCUT2D eigenvalue weighted by molar-refractivity contribution is -0.385. The fourth-order valence-electron chi connectivity index (χ4n) is 1.81. The van der Waals surface area contributed by atoms with Gasteiger partial charge in [0, 0.05) is 13.1 Å². The maximum absolute atomic E-state index is 11.8. The predicted octanol–water partition coefficient (Wildman–Crippen LogP) is 1.83. The van der Waals surface area contributed by atoms with Crippen LogP contribution in [0, 0.1) is 10.1 Å². The van der Waals surface area contributed by atoms with Gasteiger partial charge in [0.25, 0.3) is 5.91 Å². The SMILES string of the molecule is COc1ccc(C=C2N=C(C)N(C)C2=O)cc1[N+](=O)[O-]. The van der Waals surface area contributed by atoms with Gasteiger partial charge in [-0.3, -0.25) is 19.8 Å². The Balaban J connectivity index is 2.43. The Kier molecular flexibility index (Phi) is 3.51. The number of ether oxygens (including phenoxy) is 1. The summed E-state index contributed by atoms with van der Waals surface area (Å²) in [4.78, 5) is 27.8. The van der Waals surface area contributed by atoms with Crippen molar-refractivity contribution in [3.05, 3.63) is 39.6 Å². The molecule has 1 aliphatic rings. The van der Waals surface area contributed by atoms with Crippen molar-refractivity contribution in [1.29, 1.82) is 0 Å². The van der Waals surface area contributed by atoms with Gasteiger partial charge < -0.3 is 4.74 Å². The van der Waals surface area contributed by atoms with Crippen LogP contribution in [0.5, 0.6) is 5.75 Å². The largest absolute Gasteiger partial charge is 0.490 e. The lowest BCUT2D eigenvalue weighted by atomic mass is 10.1. The molecule has 1 aliphatic heterocycles. The first-order valence-electron chi connectivity index (χ1n) is 5.81. The van der Waals surface area contributed by atoms with Crippen LogP contribution in [-0.4, -0.2) is 35.7 Å². The van der Waals surface area contributed by atoms with E-state index in [1.165, 1.54) is 30.2 Å². The number of nitro benzene ring substituents is 1. The van der Waals surface area contributed by atoms with Gasteiger partial charge in [-0.25, -0.2) is 4.99 Å². The van der Waals surface area contributed by atoms with Crippen LogP contribution in [0.1, 0.15) is 12.5 Å². The van der Waals surface area contributed by atoms with E-state index in [0.717, 1.165) is 0 Å². The highest BCUT2D eigenvalue weighted by atomic mass is 16.6. The van der Waals surface area contributed by atoms with E-state index in [2.05, 4.69) is 4.99 Å². The molecule has 2 rings (SSSR count). The molecule has 104 valence electrons. The van der Waals surface area contributed by atoms with Gasteiger partial charge in [0.05, 0.1) is 12.0 Å². The van der Waals surface area contributed by atoms with Crippen molar-refractivity contribution in [1.82, 2.24) is 4.90 Å². The molecule has 0 spiro atoms. The van der Waals surface area contributed by atoms with Crippen LogP contribution in [0.4, 0.5) is 5.69 Å². The van der Waals surface area contributed by atoms with Crippen molar-refractivity contribution >= 4 is 23.5 Å². The first kappa shape index (κ1) is 13.7. The number of amidine groups is 1. The highest BCUT2D eigenvalue weighted by Crippen LogP contribution is 2.29. The molecule has 0 saturated heterocycles. The van der Waals surface area contributed by atoms with Crippen LogP contribution in [0.2, 0.25) is 0 Å². The maximum Gasteiger partial charge on any atom is 0.311 e. The minimum Gasteiger partial charge on any atom is -0.490 e. The minimum absolute atomic E-state index is 0.152. The Morgan fingerprint density at radius 1 is 1.45 bits per heavy atom. The molecule has 0 atom stereocenters. The molecule has 0 aromatic heterocycles. The van der Waals surface area contributed by atoms with Crippen LogP contribution in [0.3, 0.4) is 0 Å². The van der Waals surface area contributed by atoms with E-state index < -0.39 is 4.92 Å². The Labute approximate surface area is 115 Å². The molecule has 0 N–H and O–H groups in total. The average molecular weight is 275 g/mol. The molecule has 7 nitrogen and oxygen atoms in total. The zero-order valence-corrected chi connectivity index (χ0v) is 11.3. The van der Waals surface area contributed by atoms with Crippen molar-refractivity contribution in [3.8, 4) is 5.75 Å². The van der Waals surface area contributed by atoms with Gasteiger partial charge in [0.15, 0.2) is 5.75 Å². The summed E-state index contributed by atoms with van der Waals surface area (Å²) in [6, 6.07) is 4.47. The van der Waals surface area contributed by atoms with E-state index in [-0.39, 0.29) is 23.0 Å². The zero-order chi connectivity index (χ0) is 14.9. The third-order valence-corrected chi connectivity index (χ3v) is 2.99. The normalized spacial score (nSPS) is 16.6. The number of nitro groups is 1. The molecule has 1 aromatic carbocycles. The Hall–Kier alpha value is -2.70. The number of aliphatic imine (C=N–C) groups is 1. The first-order valence-corrected chi connectivity index (χ1v) is 5.81. The van der Waals surface area contributed by atoms with E-state index >= 15 is 0 Å². The summed E-state index contributed by atoms with van der Waals surface area (Å²) >= 11 is 0. The number of amides is 1. The molecule has 0 saturated carbocycles. The molecule has 0 unspecified atom stereocenters. The molecular formula is C13H13N3O4. The summed E-state index contributed by atoms with van der Waals surface area (Å²) in [6.07, 6.45) is 1.52. The number of likely N-dealkylation sites (N-methyl/N-ethyl adjacent to an activating group) is 1. The van der Waals surface area contributed by atoms with Gasteiger partial charge in [0.1, 0.15) is 11.5 Å². The Morgan fingerprint density at radius 3 is 2.65 bits per heavy atom. The Morgan fingerprint density at radius 2 is 2.15 bits per heavy atom. The standard InChI is InChI=1S/C13H13N3O4/c1-8-14-10(13(17)15(8)2)6-9-4-5-12(20-3)11(7-9)16(18)19/h4-7H,1-3H3. The second-order valence-corrected chi connectivity index (χ2v) is 4.24. The number of benzene rings is 1. The van der Waals surface area contributed by atoms with Crippen molar-refractivity contribution in [2.45, 2.75) is 6.92 Å². The summed E-state index contributed by atoms with van der Waals surface area (Å²) in [7, 11) is 2.99. The number of carbonyl (C=O) groups is 1. The molecule has 7 heteroatoms. The summed E-state index contributed by atoms with van der Waals surface area (Å²) < 4.78 is 4.92. The fourth-order valence-corrected chi connectivity index (χ4v) is 1.81.